The molecule has 0 aliphatic heterocycles. The van der Waals surface area contributed by atoms with Crippen LogP contribution < -0.4 is 0 Å². The molecule has 3 aromatic carbocycles. The van der Waals surface area contributed by atoms with Crippen LogP contribution in [0.5, 0.6) is 0 Å². The standard InChI is InChI=1S/C13H10O.C6H6.C4H8O2.C2H6O/c14-13(11-7-3-1-4-8-11)12-9-5-2-6-10-12;1-2-4-6-5-3-1;1-3-6-4(2)5;1-2-3/h1-10H;1-6H;3H2,1-2H3;3H,2H2,1H3. The average molecular weight is 395 g/mol. The van der Waals surface area contributed by atoms with Crippen molar-refractivity contribution in [1.82, 2.24) is 0 Å². The summed E-state index contributed by atoms with van der Waals surface area (Å²) >= 11 is 0. The molecule has 0 aliphatic carbocycles. The van der Waals surface area contributed by atoms with Crippen LogP contribution in [-0.2, 0) is 9.53 Å². The van der Waals surface area contributed by atoms with Gasteiger partial charge in [-0.3, -0.25) is 9.59 Å². The van der Waals surface area contributed by atoms with Crippen LogP contribution in [0, 0.1) is 0 Å². The van der Waals surface area contributed by atoms with Crippen LogP contribution in [0.25, 0.3) is 0 Å². The number of aliphatic hydroxyl groups is 1. The number of ether oxygens (including phenoxy) is 1. The zero-order valence-electron chi connectivity index (χ0n) is 17.3. The Morgan fingerprint density at radius 3 is 1.17 bits per heavy atom. The van der Waals surface area contributed by atoms with Crippen molar-refractivity contribution in [3.8, 4) is 0 Å². The van der Waals surface area contributed by atoms with E-state index in [1.807, 2.05) is 97.1 Å². The number of benzene rings is 3. The van der Waals surface area contributed by atoms with Crippen molar-refractivity contribution in [1.29, 1.82) is 0 Å². The van der Waals surface area contributed by atoms with E-state index >= 15 is 0 Å². The smallest absolute Gasteiger partial charge is 0.302 e. The number of carbonyl (C=O) groups is 2. The Bertz CT molecular complexity index is 688. The van der Waals surface area contributed by atoms with E-state index in [0.717, 1.165) is 11.1 Å². The number of esters is 1. The predicted molar refractivity (Wildman–Crippen MR) is 118 cm³/mol. The van der Waals surface area contributed by atoms with E-state index in [9.17, 15) is 9.59 Å². The Morgan fingerprint density at radius 1 is 0.690 bits per heavy atom. The van der Waals surface area contributed by atoms with E-state index in [4.69, 9.17) is 5.11 Å². The number of rotatable bonds is 3. The van der Waals surface area contributed by atoms with Gasteiger partial charge in [-0.25, -0.2) is 0 Å². The maximum absolute atomic E-state index is 11.8. The van der Waals surface area contributed by atoms with Gasteiger partial charge in [0.2, 0.25) is 0 Å². The number of hydrogen-bond acceptors (Lipinski definition) is 4. The molecule has 0 amide bonds. The first-order chi connectivity index (χ1) is 14.1. The lowest BCUT2D eigenvalue weighted by molar-refractivity contribution is -0.140. The summed E-state index contributed by atoms with van der Waals surface area (Å²) in [6, 6.07) is 30.6. The zero-order valence-corrected chi connectivity index (χ0v) is 17.3. The fourth-order valence-electron chi connectivity index (χ4n) is 1.93. The van der Waals surface area contributed by atoms with E-state index < -0.39 is 0 Å². The minimum Gasteiger partial charge on any atom is -0.466 e. The van der Waals surface area contributed by atoms with Crippen LogP contribution in [0.1, 0.15) is 36.7 Å². The second-order valence-corrected chi connectivity index (χ2v) is 5.46. The maximum Gasteiger partial charge on any atom is 0.302 e. The van der Waals surface area contributed by atoms with E-state index in [2.05, 4.69) is 4.74 Å². The molecule has 154 valence electrons. The van der Waals surface area contributed by atoms with Crippen LogP contribution in [0.15, 0.2) is 97.1 Å². The highest BCUT2D eigenvalue weighted by molar-refractivity contribution is 6.08. The molecule has 4 heteroatoms. The molecule has 0 spiro atoms. The lowest BCUT2D eigenvalue weighted by atomic mass is 10.0. The van der Waals surface area contributed by atoms with Gasteiger partial charge in [0, 0.05) is 24.7 Å². The van der Waals surface area contributed by atoms with Crippen LogP contribution in [0.2, 0.25) is 0 Å². The Labute approximate surface area is 173 Å². The molecule has 0 aromatic heterocycles. The fraction of sp³-hybridized carbons (Fsp3) is 0.200. The number of carbonyl (C=O) groups excluding carboxylic acids is 2. The van der Waals surface area contributed by atoms with E-state index in [1.54, 1.807) is 13.8 Å². The molecule has 29 heavy (non-hydrogen) atoms. The van der Waals surface area contributed by atoms with E-state index in [0.29, 0.717) is 6.61 Å². The van der Waals surface area contributed by atoms with Crippen LogP contribution in [-0.4, -0.2) is 30.1 Å². The first-order valence-electron chi connectivity index (χ1n) is 9.45. The lowest BCUT2D eigenvalue weighted by Crippen LogP contribution is -1.99. The van der Waals surface area contributed by atoms with Crippen molar-refractivity contribution in [3.63, 3.8) is 0 Å². The average Bonchev–Trinajstić information content (AvgIpc) is 2.77. The highest BCUT2D eigenvalue weighted by Crippen LogP contribution is 2.08. The minimum absolute atomic E-state index is 0.0752. The molecular formula is C25H30O4. The van der Waals surface area contributed by atoms with Gasteiger partial charge in [0.05, 0.1) is 6.61 Å². The van der Waals surface area contributed by atoms with E-state index in [-0.39, 0.29) is 18.4 Å². The summed E-state index contributed by atoms with van der Waals surface area (Å²) in [6.07, 6.45) is 0. The molecule has 0 saturated carbocycles. The molecule has 0 atom stereocenters. The van der Waals surface area contributed by atoms with Gasteiger partial charge >= 0.3 is 5.97 Å². The quantitative estimate of drug-likeness (QED) is 0.491. The van der Waals surface area contributed by atoms with Crippen LogP contribution in [0.3, 0.4) is 0 Å². The van der Waals surface area contributed by atoms with E-state index in [1.165, 1.54) is 6.92 Å². The summed E-state index contributed by atoms with van der Waals surface area (Å²) in [5, 5.41) is 7.57. The molecule has 0 heterocycles. The predicted octanol–water partition coefficient (Wildman–Crippen LogP) is 5.17. The second-order valence-electron chi connectivity index (χ2n) is 5.46. The summed E-state index contributed by atoms with van der Waals surface area (Å²) in [7, 11) is 0. The Balaban J connectivity index is 0.000000435. The summed E-state index contributed by atoms with van der Waals surface area (Å²) < 4.78 is 4.40. The van der Waals surface area contributed by atoms with Crippen LogP contribution in [0.4, 0.5) is 0 Å². The normalized spacial score (nSPS) is 8.55. The van der Waals surface area contributed by atoms with Crippen molar-refractivity contribution in [2.24, 2.45) is 0 Å². The van der Waals surface area contributed by atoms with Gasteiger partial charge in [-0.1, -0.05) is 97.1 Å². The number of hydrogen-bond donors (Lipinski definition) is 1. The number of aliphatic hydroxyl groups excluding tert-OH is 1. The lowest BCUT2D eigenvalue weighted by Gasteiger charge is -1.99. The van der Waals surface area contributed by atoms with Gasteiger partial charge in [-0.15, -0.1) is 0 Å². The van der Waals surface area contributed by atoms with Crippen molar-refractivity contribution < 1.29 is 19.4 Å². The molecule has 4 nitrogen and oxygen atoms in total. The van der Waals surface area contributed by atoms with Crippen molar-refractivity contribution in [2.45, 2.75) is 20.8 Å². The second kappa shape index (κ2) is 18.1. The molecule has 1 N–H and O–H groups in total. The third-order valence-corrected chi connectivity index (χ3v) is 3.09. The van der Waals surface area contributed by atoms with Crippen molar-refractivity contribution >= 4 is 11.8 Å². The largest absolute Gasteiger partial charge is 0.466 e. The molecule has 3 aromatic rings. The Hall–Kier alpha value is -3.24. The molecule has 0 saturated heterocycles. The van der Waals surface area contributed by atoms with Crippen molar-refractivity contribution in [2.75, 3.05) is 13.2 Å². The third-order valence-electron chi connectivity index (χ3n) is 3.09. The topological polar surface area (TPSA) is 63.6 Å². The molecule has 0 aliphatic rings. The van der Waals surface area contributed by atoms with Crippen LogP contribution >= 0.6 is 0 Å². The first kappa shape index (κ1) is 25.8. The minimum atomic E-state index is -0.211. The van der Waals surface area contributed by atoms with Gasteiger partial charge < -0.3 is 9.84 Å². The molecule has 0 radical (unpaired) electrons. The Kier molecular flexibility index (Phi) is 16.1. The van der Waals surface area contributed by atoms with Gasteiger partial charge in [0.1, 0.15) is 0 Å². The summed E-state index contributed by atoms with van der Waals surface area (Å²) in [4.78, 5) is 21.7. The molecule has 0 bridgehead atoms. The maximum atomic E-state index is 11.8. The highest BCUT2D eigenvalue weighted by atomic mass is 16.5. The first-order valence-corrected chi connectivity index (χ1v) is 9.45. The highest BCUT2D eigenvalue weighted by Gasteiger charge is 2.06. The van der Waals surface area contributed by atoms with Gasteiger partial charge in [0.25, 0.3) is 0 Å². The SMILES string of the molecule is CCO.CCOC(C)=O.O=C(c1ccccc1)c1ccccc1.c1ccccc1. The van der Waals surface area contributed by atoms with Crippen molar-refractivity contribution in [3.05, 3.63) is 108 Å². The fourth-order valence-corrected chi connectivity index (χ4v) is 1.93. The van der Waals surface area contributed by atoms with Gasteiger partial charge in [-0.05, 0) is 13.8 Å². The molecule has 0 unspecified atom stereocenters. The zero-order chi connectivity index (χ0) is 21.7. The number of ketones is 1. The third kappa shape index (κ3) is 14.5. The molecule has 3 rings (SSSR count). The Morgan fingerprint density at radius 2 is 0.966 bits per heavy atom. The summed E-state index contributed by atoms with van der Waals surface area (Å²) in [5.41, 5.74) is 1.47. The molecule has 0 fully saturated rings. The van der Waals surface area contributed by atoms with Gasteiger partial charge in [0.15, 0.2) is 5.78 Å². The molecular weight excluding hydrogens is 364 g/mol. The monoisotopic (exact) mass is 394 g/mol. The summed E-state index contributed by atoms with van der Waals surface area (Å²) in [5.74, 6) is -0.135. The van der Waals surface area contributed by atoms with Gasteiger partial charge in [-0.2, -0.15) is 0 Å². The summed E-state index contributed by atoms with van der Waals surface area (Å²) in [6.45, 7) is 5.58.